The second kappa shape index (κ2) is 12.8. The molecule has 4 heteroatoms. The molecule has 2 atom stereocenters. The summed E-state index contributed by atoms with van der Waals surface area (Å²) in [5, 5.41) is 13.4. The Bertz CT molecular complexity index is 723. The van der Waals surface area contributed by atoms with Crippen molar-refractivity contribution >= 4 is 11.7 Å². The van der Waals surface area contributed by atoms with Crippen LogP contribution < -0.4 is 5.32 Å². The number of Topliss-reactive ketones (excluding diaryl/α,β-unsaturated/α-hetero) is 1. The Hall–Kier alpha value is -1.94. The maximum atomic E-state index is 12.3. The van der Waals surface area contributed by atoms with E-state index >= 15 is 0 Å². The fourth-order valence-electron chi connectivity index (χ4n) is 4.46. The Kier molecular flexibility index (Phi) is 9.80. The number of ketones is 1. The number of unbranched alkanes of at least 4 members (excludes halogenated alkanes) is 3. The molecule has 2 aliphatic rings. The van der Waals surface area contributed by atoms with E-state index in [9.17, 15) is 14.7 Å². The molecule has 1 fully saturated rings. The lowest BCUT2D eigenvalue weighted by Gasteiger charge is -2.16. The van der Waals surface area contributed by atoms with Crippen LogP contribution >= 0.6 is 0 Å². The summed E-state index contributed by atoms with van der Waals surface area (Å²) in [4.78, 5) is 24.1. The van der Waals surface area contributed by atoms with E-state index in [2.05, 4.69) is 23.5 Å². The van der Waals surface area contributed by atoms with Gasteiger partial charge in [0.15, 0.2) is 0 Å². The molecule has 1 saturated carbocycles. The first-order valence-electron chi connectivity index (χ1n) is 12.3. The van der Waals surface area contributed by atoms with Crippen LogP contribution in [-0.2, 0) is 16.0 Å². The number of carbonyl (C=O) groups excluding carboxylic acids is 2. The number of hydrogen-bond donors (Lipinski definition) is 2. The minimum atomic E-state index is -0.316. The third-order valence-electron chi connectivity index (χ3n) is 6.71. The summed E-state index contributed by atoms with van der Waals surface area (Å²) in [6, 6.07) is 10.3. The van der Waals surface area contributed by atoms with E-state index in [1.54, 1.807) is 0 Å². The van der Waals surface area contributed by atoms with Crippen LogP contribution in [0.2, 0.25) is 0 Å². The van der Waals surface area contributed by atoms with Gasteiger partial charge in [0.1, 0.15) is 5.78 Å². The van der Waals surface area contributed by atoms with E-state index in [-0.39, 0.29) is 17.9 Å². The fraction of sp³-hybridized carbons (Fsp3) is 0.630. The number of benzene rings is 1. The number of aliphatic hydroxyl groups excluding tert-OH is 1. The SMILES string of the molecule is O=C(CCCCCCC1C(=O)CC=C1CC[C@@H](O)CCc1ccccc1)NCC1CC1. The van der Waals surface area contributed by atoms with Crippen molar-refractivity contribution in [3.63, 3.8) is 0 Å². The number of amides is 1. The second-order valence-electron chi connectivity index (χ2n) is 9.42. The molecule has 1 aromatic carbocycles. The third kappa shape index (κ3) is 8.98. The quantitative estimate of drug-likeness (QED) is 0.302. The Balaban J connectivity index is 1.25. The highest BCUT2D eigenvalue weighted by atomic mass is 16.3. The Morgan fingerprint density at radius 3 is 2.55 bits per heavy atom. The number of hydrogen-bond acceptors (Lipinski definition) is 3. The normalized spacial score (nSPS) is 19.3. The maximum absolute atomic E-state index is 12.3. The van der Waals surface area contributed by atoms with Crippen LogP contribution in [0.1, 0.15) is 82.6 Å². The first-order chi connectivity index (χ1) is 15.1. The molecule has 2 N–H and O–H groups in total. The van der Waals surface area contributed by atoms with Gasteiger partial charge in [0.2, 0.25) is 5.91 Å². The van der Waals surface area contributed by atoms with Crippen molar-refractivity contribution in [2.75, 3.05) is 6.54 Å². The summed E-state index contributed by atoms with van der Waals surface area (Å²) in [7, 11) is 0. The lowest BCUT2D eigenvalue weighted by molar-refractivity contribution is -0.121. The van der Waals surface area contributed by atoms with E-state index in [1.807, 2.05) is 18.2 Å². The van der Waals surface area contributed by atoms with Crippen LogP contribution in [0.5, 0.6) is 0 Å². The monoisotopic (exact) mass is 425 g/mol. The topological polar surface area (TPSA) is 66.4 Å². The number of carbonyl (C=O) groups is 2. The molecule has 170 valence electrons. The van der Waals surface area contributed by atoms with Crippen molar-refractivity contribution in [3.05, 3.63) is 47.5 Å². The lowest BCUT2D eigenvalue weighted by Crippen LogP contribution is -2.25. The minimum absolute atomic E-state index is 0.0585. The number of nitrogens with one attached hydrogen (secondary N) is 1. The van der Waals surface area contributed by atoms with Crippen LogP contribution in [0.4, 0.5) is 0 Å². The molecule has 1 aromatic rings. The Morgan fingerprint density at radius 1 is 1.03 bits per heavy atom. The molecule has 2 aliphatic carbocycles. The molecule has 0 heterocycles. The van der Waals surface area contributed by atoms with Gasteiger partial charge in [-0.3, -0.25) is 9.59 Å². The van der Waals surface area contributed by atoms with Gasteiger partial charge < -0.3 is 10.4 Å². The largest absolute Gasteiger partial charge is 0.393 e. The zero-order chi connectivity index (χ0) is 21.9. The van der Waals surface area contributed by atoms with Crippen molar-refractivity contribution in [1.82, 2.24) is 5.32 Å². The smallest absolute Gasteiger partial charge is 0.220 e. The van der Waals surface area contributed by atoms with E-state index < -0.39 is 0 Å². The predicted molar refractivity (Wildman–Crippen MR) is 125 cm³/mol. The highest BCUT2D eigenvalue weighted by molar-refractivity contribution is 5.88. The van der Waals surface area contributed by atoms with Crippen LogP contribution in [-0.4, -0.2) is 29.4 Å². The average molecular weight is 426 g/mol. The molecule has 1 amide bonds. The van der Waals surface area contributed by atoms with E-state index in [1.165, 1.54) is 24.0 Å². The van der Waals surface area contributed by atoms with E-state index in [0.29, 0.717) is 18.6 Å². The van der Waals surface area contributed by atoms with Crippen molar-refractivity contribution in [3.8, 4) is 0 Å². The van der Waals surface area contributed by atoms with Crippen LogP contribution in [0.15, 0.2) is 42.0 Å². The van der Waals surface area contributed by atoms with E-state index in [0.717, 1.165) is 70.3 Å². The van der Waals surface area contributed by atoms with Crippen molar-refractivity contribution in [2.24, 2.45) is 11.8 Å². The maximum Gasteiger partial charge on any atom is 0.220 e. The summed E-state index contributed by atoms with van der Waals surface area (Å²) in [6.07, 6.45) is 13.7. The number of aliphatic hydroxyl groups is 1. The molecule has 0 aromatic heterocycles. The highest BCUT2D eigenvalue weighted by Gasteiger charge is 2.27. The molecular weight excluding hydrogens is 386 g/mol. The predicted octanol–water partition coefficient (Wildman–Crippen LogP) is 5.14. The second-order valence-corrected chi connectivity index (χ2v) is 9.42. The van der Waals surface area contributed by atoms with Gasteiger partial charge >= 0.3 is 0 Å². The van der Waals surface area contributed by atoms with Crippen molar-refractivity contribution in [1.29, 1.82) is 0 Å². The van der Waals surface area contributed by atoms with Gasteiger partial charge in [-0.25, -0.2) is 0 Å². The zero-order valence-corrected chi connectivity index (χ0v) is 18.9. The molecule has 3 rings (SSSR count). The summed E-state index contributed by atoms with van der Waals surface area (Å²) < 4.78 is 0. The van der Waals surface area contributed by atoms with Gasteiger partial charge in [0.05, 0.1) is 6.10 Å². The van der Waals surface area contributed by atoms with Gasteiger partial charge in [-0.05, 0) is 62.8 Å². The minimum Gasteiger partial charge on any atom is -0.393 e. The molecule has 0 bridgehead atoms. The summed E-state index contributed by atoms with van der Waals surface area (Å²) in [5.41, 5.74) is 2.50. The summed E-state index contributed by atoms with van der Waals surface area (Å²) in [5.74, 6) is 1.32. The summed E-state index contributed by atoms with van der Waals surface area (Å²) >= 11 is 0. The molecule has 4 nitrogen and oxygen atoms in total. The van der Waals surface area contributed by atoms with Crippen LogP contribution in [0.3, 0.4) is 0 Å². The Labute approximate surface area is 187 Å². The molecule has 1 unspecified atom stereocenters. The van der Waals surface area contributed by atoms with Gasteiger partial charge in [-0.1, -0.05) is 61.2 Å². The zero-order valence-electron chi connectivity index (χ0n) is 18.9. The molecular formula is C27H39NO3. The Morgan fingerprint density at radius 2 is 1.77 bits per heavy atom. The van der Waals surface area contributed by atoms with Gasteiger partial charge in [0.25, 0.3) is 0 Å². The van der Waals surface area contributed by atoms with Gasteiger partial charge in [-0.15, -0.1) is 0 Å². The molecule has 0 saturated heterocycles. The molecule has 31 heavy (non-hydrogen) atoms. The number of aryl methyl sites for hydroxylation is 1. The van der Waals surface area contributed by atoms with Crippen molar-refractivity contribution in [2.45, 2.75) is 89.6 Å². The van der Waals surface area contributed by atoms with Crippen molar-refractivity contribution < 1.29 is 14.7 Å². The molecule has 0 radical (unpaired) electrons. The van der Waals surface area contributed by atoms with Crippen LogP contribution in [0, 0.1) is 11.8 Å². The first-order valence-corrected chi connectivity index (χ1v) is 12.3. The molecule has 0 aliphatic heterocycles. The van der Waals surface area contributed by atoms with Gasteiger partial charge in [0, 0.05) is 25.3 Å². The first kappa shape index (κ1) is 23.7. The number of rotatable bonds is 15. The lowest BCUT2D eigenvalue weighted by atomic mass is 9.90. The van der Waals surface area contributed by atoms with E-state index in [4.69, 9.17) is 0 Å². The fourth-order valence-corrected chi connectivity index (χ4v) is 4.46. The molecule has 0 spiro atoms. The van der Waals surface area contributed by atoms with Gasteiger partial charge in [-0.2, -0.15) is 0 Å². The third-order valence-corrected chi connectivity index (χ3v) is 6.71. The average Bonchev–Trinajstić information content (AvgIpc) is 3.55. The number of allylic oxidation sites excluding steroid dienone is 2. The van der Waals surface area contributed by atoms with Crippen LogP contribution in [0.25, 0.3) is 0 Å². The summed E-state index contributed by atoms with van der Waals surface area (Å²) in [6.45, 7) is 0.860. The highest BCUT2D eigenvalue weighted by Crippen LogP contribution is 2.31. The standard InChI is InChI=1S/C27H39NO3/c29-24(17-14-21-8-4-3-5-9-21)18-15-23-16-19-26(30)25(23)10-6-1-2-7-11-27(31)28-20-22-12-13-22/h3-5,8-9,16,22,24-25,29H,1-2,6-7,10-15,17-20H2,(H,28,31)/t24-,25?/m0/s1.